The summed E-state index contributed by atoms with van der Waals surface area (Å²) in [6.45, 7) is 4.43. The van der Waals surface area contributed by atoms with Crippen LogP contribution in [0.5, 0.6) is 0 Å². The standard InChI is InChI=1S/C13H17NO2/c1-3-16-13(10-6-7-10)12(15)11-5-4-9(2)14-8-11/h4-5,8,10,13H,3,6-7H2,1-2H3. The Morgan fingerprint density at radius 2 is 2.31 bits per heavy atom. The zero-order chi connectivity index (χ0) is 11.5. The van der Waals surface area contributed by atoms with Crippen molar-refractivity contribution in [3.05, 3.63) is 29.6 Å². The highest BCUT2D eigenvalue weighted by molar-refractivity contribution is 5.99. The van der Waals surface area contributed by atoms with Crippen LogP contribution in [0.2, 0.25) is 0 Å². The maximum atomic E-state index is 12.2. The Morgan fingerprint density at radius 3 is 2.81 bits per heavy atom. The van der Waals surface area contributed by atoms with Crippen molar-refractivity contribution in [2.75, 3.05) is 6.61 Å². The number of ether oxygens (including phenoxy) is 1. The van der Waals surface area contributed by atoms with Gasteiger partial charge in [-0.1, -0.05) is 0 Å². The number of ketones is 1. The molecular formula is C13H17NO2. The van der Waals surface area contributed by atoms with Gasteiger partial charge in [-0.15, -0.1) is 0 Å². The van der Waals surface area contributed by atoms with Crippen LogP contribution in [-0.4, -0.2) is 23.5 Å². The maximum Gasteiger partial charge on any atom is 0.193 e. The average molecular weight is 219 g/mol. The summed E-state index contributed by atoms with van der Waals surface area (Å²) >= 11 is 0. The van der Waals surface area contributed by atoms with E-state index in [1.165, 1.54) is 0 Å². The minimum Gasteiger partial charge on any atom is -0.370 e. The molecule has 0 amide bonds. The number of carbonyl (C=O) groups excluding carboxylic acids is 1. The van der Waals surface area contributed by atoms with Gasteiger partial charge in [0.05, 0.1) is 0 Å². The number of nitrogens with zero attached hydrogens (tertiary/aromatic N) is 1. The van der Waals surface area contributed by atoms with E-state index in [1.54, 1.807) is 6.20 Å². The predicted octanol–water partition coefficient (Wildman–Crippen LogP) is 2.39. The zero-order valence-corrected chi connectivity index (χ0v) is 9.77. The summed E-state index contributed by atoms with van der Waals surface area (Å²) < 4.78 is 5.54. The summed E-state index contributed by atoms with van der Waals surface area (Å²) in [6.07, 6.45) is 3.60. The largest absolute Gasteiger partial charge is 0.370 e. The smallest absolute Gasteiger partial charge is 0.193 e. The predicted molar refractivity (Wildman–Crippen MR) is 61.4 cm³/mol. The molecule has 0 N–H and O–H groups in total. The molecule has 0 aliphatic heterocycles. The van der Waals surface area contributed by atoms with Crippen LogP contribution >= 0.6 is 0 Å². The van der Waals surface area contributed by atoms with Crippen LogP contribution in [0.1, 0.15) is 35.8 Å². The van der Waals surface area contributed by atoms with E-state index in [9.17, 15) is 4.79 Å². The molecule has 0 spiro atoms. The van der Waals surface area contributed by atoms with E-state index < -0.39 is 0 Å². The summed E-state index contributed by atoms with van der Waals surface area (Å²) in [5, 5.41) is 0. The topological polar surface area (TPSA) is 39.2 Å². The number of rotatable bonds is 5. The summed E-state index contributed by atoms with van der Waals surface area (Å²) in [5.74, 6) is 0.505. The first kappa shape index (κ1) is 11.3. The van der Waals surface area contributed by atoms with Crippen molar-refractivity contribution in [3.63, 3.8) is 0 Å². The second-order valence-corrected chi connectivity index (χ2v) is 4.27. The lowest BCUT2D eigenvalue weighted by Gasteiger charge is -2.14. The number of hydrogen-bond donors (Lipinski definition) is 0. The zero-order valence-electron chi connectivity index (χ0n) is 9.77. The Bertz CT molecular complexity index is 368. The van der Waals surface area contributed by atoms with E-state index in [2.05, 4.69) is 4.98 Å². The molecule has 1 atom stereocenters. The number of hydrogen-bond acceptors (Lipinski definition) is 3. The van der Waals surface area contributed by atoms with E-state index in [0.29, 0.717) is 18.1 Å². The van der Waals surface area contributed by atoms with Gasteiger partial charge >= 0.3 is 0 Å². The molecule has 1 heterocycles. The Hall–Kier alpha value is -1.22. The Kier molecular flexibility index (Phi) is 3.34. The quantitative estimate of drug-likeness (QED) is 0.714. The molecule has 1 fully saturated rings. The van der Waals surface area contributed by atoms with Crippen molar-refractivity contribution in [1.82, 2.24) is 4.98 Å². The highest BCUT2D eigenvalue weighted by Gasteiger charge is 2.37. The van der Waals surface area contributed by atoms with Crippen molar-refractivity contribution in [3.8, 4) is 0 Å². The summed E-state index contributed by atoms with van der Waals surface area (Å²) in [4.78, 5) is 16.3. The van der Waals surface area contributed by atoms with Crippen LogP contribution in [-0.2, 0) is 4.74 Å². The Balaban J connectivity index is 2.12. The van der Waals surface area contributed by atoms with Gasteiger partial charge in [-0.2, -0.15) is 0 Å². The summed E-state index contributed by atoms with van der Waals surface area (Å²) in [7, 11) is 0. The van der Waals surface area contributed by atoms with Crippen molar-refractivity contribution in [1.29, 1.82) is 0 Å². The number of Topliss-reactive ketones (excluding diaryl/α,β-unsaturated/α-hetero) is 1. The van der Waals surface area contributed by atoms with E-state index >= 15 is 0 Å². The van der Waals surface area contributed by atoms with Crippen molar-refractivity contribution < 1.29 is 9.53 Å². The minimum atomic E-state index is -0.255. The van der Waals surface area contributed by atoms with Gasteiger partial charge in [-0.25, -0.2) is 0 Å². The molecule has 1 aliphatic carbocycles. The van der Waals surface area contributed by atoms with Crippen LogP contribution < -0.4 is 0 Å². The second kappa shape index (κ2) is 4.74. The maximum absolute atomic E-state index is 12.2. The van der Waals surface area contributed by atoms with Gasteiger partial charge in [0, 0.05) is 24.1 Å². The average Bonchev–Trinajstić information content (AvgIpc) is 3.10. The first-order chi connectivity index (χ1) is 7.72. The van der Waals surface area contributed by atoms with Crippen LogP contribution in [0.15, 0.2) is 18.3 Å². The molecule has 1 saturated carbocycles. The molecule has 1 unspecified atom stereocenters. The Morgan fingerprint density at radius 1 is 1.56 bits per heavy atom. The first-order valence-corrected chi connectivity index (χ1v) is 5.81. The SMILES string of the molecule is CCOC(C(=O)c1ccc(C)nc1)C1CC1. The monoisotopic (exact) mass is 219 g/mol. The third-order valence-corrected chi connectivity index (χ3v) is 2.85. The highest BCUT2D eigenvalue weighted by Crippen LogP contribution is 2.35. The molecule has 0 saturated heterocycles. The number of carbonyl (C=O) groups is 1. The number of pyridine rings is 1. The van der Waals surface area contributed by atoms with Crippen LogP contribution in [0.25, 0.3) is 0 Å². The minimum absolute atomic E-state index is 0.0804. The molecule has 1 aliphatic rings. The highest BCUT2D eigenvalue weighted by atomic mass is 16.5. The molecule has 16 heavy (non-hydrogen) atoms. The van der Waals surface area contributed by atoms with Crippen molar-refractivity contribution in [2.45, 2.75) is 32.8 Å². The molecule has 86 valence electrons. The van der Waals surface area contributed by atoms with Crippen LogP contribution in [0.4, 0.5) is 0 Å². The molecule has 2 rings (SSSR count). The number of aromatic nitrogens is 1. The first-order valence-electron chi connectivity index (χ1n) is 5.81. The van der Waals surface area contributed by atoms with Gasteiger partial charge in [0.15, 0.2) is 5.78 Å². The molecule has 1 aromatic rings. The molecule has 0 radical (unpaired) electrons. The molecule has 0 aromatic carbocycles. The van der Waals surface area contributed by atoms with Gasteiger partial charge in [0.25, 0.3) is 0 Å². The van der Waals surface area contributed by atoms with E-state index in [-0.39, 0.29) is 11.9 Å². The lowest BCUT2D eigenvalue weighted by Crippen LogP contribution is -2.26. The van der Waals surface area contributed by atoms with E-state index in [0.717, 1.165) is 18.5 Å². The lowest BCUT2D eigenvalue weighted by atomic mass is 10.0. The van der Waals surface area contributed by atoms with Gasteiger partial charge in [0.2, 0.25) is 0 Å². The third kappa shape index (κ3) is 2.47. The van der Waals surface area contributed by atoms with Gasteiger partial charge in [-0.3, -0.25) is 9.78 Å². The van der Waals surface area contributed by atoms with Crippen molar-refractivity contribution >= 4 is 5.78 Å². The molecule has 1 aromatic heterocycles. The third-order valence-electron chi connectivity index (χ3n) is 2.85. The lowest BCUT2D eigenvalue weighted by molar-refractivity contribution is 0.0374. The molecule has 3 nitrogen and oxygen atoms in total. The van der Waals surface area contributed by atoms with Crippen LogP contribution in [0, 0.1) is 12.8 Å². The molecular weight excluding hydrogens is 202 g/mol. The van der Waals surface area contributed by atoms with Gasteiger partial charge in [-0.05, 0) is 44.7 Å². The summed E-state index contributed by atoms with van der Waals surface area (Å²) in [6, 6.07) is 3.70. The fourth-order valence-corrected chi connectivity index (χ4v) is 1.78. The van der Waals surface area contributed by atoms with Crippen molar-refractivity contribution in [2.24, 2.45) is 5.92 Å². The number of aryl methyl sites for hydroxylation is 1. The normalized spacial score (nSPS) is 17.1. The van der Waals surface area contributed by atoms with E-state index in [4.69, 9.17) is 4.74 Å². The molecule has 0 bridgehead atoms. The second-order valence-electron chi connectivity index (χ2n) is 4.27. The van der Waals surface area contributed by atoms with Crippen LogP contribution in [0.3, 0.4) is 0 Å². The molecule has 3 heteroatoms. The van der Waals surface area contributed by atoms with E-state index in [1.807, 2.05) is 26.0 Å². The van der Waals surface area contributed by atoms with Gasteiger partial charge < -0.3 is 4.74 Å². The van der Waals surface area contributed by atoms with Gasteiger partial charge in [0.1, 0.15) is 6.10 Å². The Labute approximate surface area is 95.8 Å². The fourth-order valence-electron chi connectivity index (χ4n) is 1.78. The summed E-state index contributed by atoms with van der Waals surface area (Å²) in [5.41, 5.74) is 1.59. The fraction of sp³-hybridized carbons (Fsp3) is 0.538.